The number of aryl methyl sites for hydroxylation is 1. The van der Waals surface area contributed by atoms with Crippen LogP contribution in [0.3, 0.4) is 0 Å². The first-order chi connectivity index (χ1) is 16.1. The van der Waals surface area contributed by atoms with Gasteiger partial charge in [-0.05, 0) is 56.9 Å². The zero-order valence-electron chi connectivity index (χ0n) is 18.4. The van der Waals surface area contributed by atoms with Crippen LogP contribution >= 0.6 is 0 Å². The van der Waals surface area contributed by atoms with E-state index in [4.69, 9.17) is 8.94 Å². The second-order valence-electron chi connectivity index (χ2n) is 9.06. The van der Waals surface area contributed by atoms with Crippen molar-refractivity contribution in [2.45, 2.75) is 56.8 Å². The zero-order chi connectivity index (χ0) is 22.4. The molecule has 33 heavy (non-hydrogen) atoms. The maximum atomic E-state index is 11.2. The Morgan fingerprint density at radius 3 is 2.64 bits per heavy atom. The molecule has 0 radical (unpaired) electrons. The van der Waals surface area contributed by atoms with E-state index in [0.717, 1.165) is 35.5 Å². The number of rotatable bonds is 5. The van der Waals surface area contributed by atoms with Gasteiger partial charge in [0, 0.05) is 29.4 Å². The quantitative estimate of drug-likeness (QED) is 0.492. The first kappa shape index (κ1) is 20.3. The van der Waals surface area contributed by atoms with E-state index in [0.29, 0.717) is 36.9 Å². The summed E-state index contributed by atoms with van der Waals surface area (Å²) in [5.41, 5.74) is 1.83. The number of aliphatic hydroxyl groups is 1. The maximum Gasteiger partial charge on any atom is 0.241 e. The molecule has 4 aromatic rings. The SMILES string of the molecule is Cc1nccc(-c2cccc(-c3noc(CN4[C@@H]5CC[C@H]4CC(O)(c4ccco4)C5)n3)c2)n1. The van der Waals surface area contributed by atoms with Crippen molar-refractivity contribution < 1.29 is 14.0 Å². The Labute approximate surface area is 191 Å². The number of hydrogen-bond donors (Lipinski definition) is 1. The summed E-state index contributed by atoms with van der Waals surface area (Å²) in [5.74, 6) is 2.55. The fourth-order valence-corrected chi connectivity index (χ4v) is 5.35. The summed E-state index contributed by atoms with van der Waals surface area (Å²) in [5, 5.41) is 15.4. The number of furan rings is 1. The number of benzene rings is 1. The molecule has 2 aliphatic rings. The van der Waals surface area contributed by atoms with Crippen LogP contribution in [0.25, 0.3) is 22.6 Å². The molecule has 3 aromatic heterocycles. The van der Waals surface area contributed by atoms with Gasteiger partial charge >= 0.3 is 0 Å². The Hall–Kier alpha value is -3.36. The van der Waals surface area contributed by atoms with Gasteiger partial charge in [-0.2, -0.15) is 4.98 Å². The second kappa shape index (κ2) is 7.90. The minimum absolute atomic E-state index is 0.263. The lowest BCUT2D eigenvalue weighted by atomic mass is 9.84. The molecule has 5 heterocycles. The molecule has 0 aliphatic carbocycles. The highest BCUT2D eigenvalue weighted by molar-refractivity contribution is 5.67. The highest BCUT2D eigenvalue weighted by Crippen LogP contribution is 2.46. The smallest absolute Gasteiger partial charge is 0.241 e. The van der Waals surface area contributed by atoms with Gasteiger partial charge in [0.05, 0.1) is 18.5 Å². The standard InChI is InChI=1S/C25H25N5O3/c1-16-26-10-9-21(27-16)17-4-2-5-18(12-17)24-28-23(33-29-24)15-30-19-7-8-20(30)14-25(31,13-19)22-6-3-11-32-22/h2-6,9-12,19-20,31H,7-8,13-15H2,1H3/t19-,20+,25?. The third-order valence-corrected chi connectivity index (χ3v) is 6.88. The van der Waals surface area contributed by atoms with E-state index < -0.39 is 5.60 Å². The van der Waals surface area contributed by atoms with Crippen LogP contribution in [0.15, 0.2) is 63.9 Å². The van der Waals surface area contributed by atoms with Gasteiger partial charge in [-0.15, -0.1) is 0 Å². The topological polar surface area (TPSA) is 101 Å². The molecular weight excluding hydrogens is 418 g/mol. The number of piperidine rings is 1. The van der Waals surface area contributed by atoms with Crippen LogP contribution in [0.2, 0.25) is 0 Å². The molecule has 0 saturated carbocycles. The maximum absolute atomic E-state index is 11.2. The monoisotopic (exact) mass is 443 g/mol. The van der Waals surface area contributed by atoms with Crippen molar-refractivity contribution in [2.75, 3.05) is 0 Å². The van der Waals surface area contributed by atoms with E-state index in [1.807, 2.05) is 49.4 Å². The highest BCUT2D eigenvalue weighted by atomic mass is 16.5. The molecule has 2 saturated heterocycles. The Morgan fingerprint density at radius 2 is 1.88 bits per heavy atom. The van der Waals surface area contributed by atoms with Gasteiger partial charge in [-0.1, -0.05) is 23.4 Å². The van der Waals surface area contributed by atoms with Crippen LogP contribution in [0, 0.1) is 6.92 Å². The number of aromatic nitrogens is 4. The van der Waals surface area contributed by atoms with Crippen LogP contribution < -0.4 is 0 Å². The molecule has 2 aliphatic heterocycles. The summed E-state index contributed by atoms with van der Waals surface area (Å²) in [6, 6.07) is 14.1. The molecule has 6 rings (SSSR count). The van der Waals surface area contributed by atoms with Crippen molar-refractivity contribution in [3.05, 3.63) is 72.4 Å². The average molecular weight is 444 g/mol. The lowest BCUT2D eigenvalue weighted by Gasteiger charge is -2.42. The van der Waals surface area contributed by atoms with E-state index in [1.165, 1.54) is 0 Å². The van der Waals surface area contributed by atoms with Gasteiger partial charge in [-0.25, -0.2) is 9.97 Å². The van der Waals surface area contributed by atoms with Crippen molar-refractivity contribution in [3.8, 4) is 22.6 Å². The van der Waals surface area contributed by atoms with Gasteiger partial charge in [0.2, 0.25) is 11.7 Å². The molecule has 1 N–H and O–H groups in total. The molecule has 8 heteroatoms. The summed E-state index contributed by atoms with van der Waals surface area (Å²) in [4.78, 5) is 15.7. The third-order valence-electron chi connectivity index (χ3n) is 6.88. The minimum Gasteiger partial charge on any atom is -0.466 e. The largest absolute Gasteiger partial charge is 0.466 e. The molecule has 2 bridgehead atoms. The Kier molecular flexibility index (Phi) is 4.85. The number of nitrogens with zero attached hydrogens (tertiary/aromatic N) is 5. The van der Waals surface area contributed by atoms with Crippen molar-refractivity contribution in [2.24, 2.45) is 0 Å². The first-order valence-electron chi connectivity index (χ1n) is 11.3. The van der Waals surface area contributed by atoms with Crippen LogP contribution in [0.5, 0.6) is 0 Å². The number of hydrogen-bond acceptors (Lipinski definition) is 8. The van der Waals surface area contributed by atoms with Crippen LogP contribution in [0.4, 0.5) is 0 Å². The molecule has 3 atom stereocenters. The van der Waals surface area contributed by atoms with E-state index in [-0.39, 0.29) is 12.1 Å². The minimum atomic E-state index is -0.897. The average Bonchev–Trinajstić information content (AvgIpc) is 3.56. The van der Waals surface area contributed by atoms with E-state index >= 15 is 0 Å². The molecule has 168 valence electrons. The predicted molar refractivity (Wildman–Crippen MR) is 120 cm³/mol. The summed E-state index contributed by atoms with van der Waals surface area (Å²) >= 11 is 0. The van der Waals surface area contributed by atoms with Gasteiger partial charge < -0.3 is 14.0 Å². The van der Waals surface area contributed by atoms with E-state index in [9.17, 15) is 5.11 Å². The molecule has 0 amide bonds. The van der Waals surface area contributed by atoms with Gasteiger partial charge in [0.15, 0.2) is 0 Å². The third kappa shape index (κ3) is 3.75. The molecule has 2 fully saturated rings. The summed E-state index contributed by atoms with van der Waals surface area (Å²) in [6.07, 6.45) is 6.79. The predicted octanol–water partition coefficient (Wildman–Crippen LogP) is 4.11. The molecular formula is C25H25N5O3. The molecule has 1 unspecified atom stereocenters. The summed E-state index contributed by atoms with van der Waals surface area (Å²) < 4.78 is 11.2. The number of fused-ring (bicyclic) bond motifs is 2. The molecule has 1 aromatic carbocycles. The first-order valence-corrected chi connectivity index (χ1v) is 11.3. The summed E-state index contributed by atoms with van der Waals surface area (Å²) in [6.45, 7) is 2.46. The fraction of sp³-hybridized carbons (Fsp3) is 0.360. The zero-order valence-corrected chi connectivity index (χ0v) is 18.4. The Balaban J connectivity index is 1.20. The van der Waals surface area contributed by atoms with Crippen molar-refractivity contribution in [1.82, 2.24) is 25.0 Å². The fourth-order valence-electron chi connectivity index (χ4n) is 5.35. The second-order valence-corrected chi connectivity index (χ2v) is 9.06. The Morgan fingerprint density at radius 1 is 1.06 bits per heavy atom. The van der Waals surface area contributed by atoms with Crippen molar-refractivity contribution in [1.29, 1.82) is 0 Å². The van der Waals surface area contributed by atoms with Gasteiger partial charge in [0.25, 0.3) is 0 Å². The van der Waals surface area contributed by atoms with Crippen LogP contribution in [-0.2, 0) is 12.1 Å². The van der Waals surface area contributed by atoms with Crippen molar-refractivity contribution in [3.63, 3.8) is 0 Å². The molecule has 0 spiro atoms. The van der Waals surface area contributed by atoms with Gasteiger partial charge in [-0.3, -0.25) is 4.90 Å². The van der Waals surface area contributed by atoms with Crippen LogP contribution in [0.1, 0.15) is 43.2 Å². The van der Waals surface area contributed by atoms with Crippen LogP contribution in [-0.4, -0.2) is 42.2 Å². The molecule has 8 nitrogen and oxygen atoms in total. The Bertz CT molecular complexity index is 1250. The highest BCUT2D eigenvalue weighted by Gasteiger charge is 2.49. The van der Waals surface area contributed by atoms with E-state index in [2.05, 4.69) is 25.0 Å². The summed E-state index contributed by atoms with van der Waals surface area (Å²) in [7, 11) is 0. The lowest BCUT2D eigenvalue weighted by Crippen LogP contribution is -2.49. The lowest BCUT2D eigenvalue weighted by molar-refractivity contribution is -0.0745. The van der Waals surface area contributed by atoms with E-state index in [1.54, 1.807) is 12.5 Å². The van der Waals surface area contributed by atoms with Crippen molar-refractivity contribution >= 4 is 0 Å². The normalized spacial score (nSPS) is 24.9. The van der Waals surface area contributed by atoms with Gasteiger partial charge in [0.1, 0.15) is 17.2 Å².